The molecule has 120 valence electrons. The Morgan fingerprint density at radius 1 is 1.29 bits per heavy atom. The van der Waals surface area contributed by atoms with Crippen LogP contribution in [0.2, 0.25) is 0 Å². The molecule has 0 saturated carbocycles. The molecule has 0 spiro atoms. The van der Waals surface area contributed by atoms with E-state index in [9.17, 15) is 9.90 Å². The van der Waals surface area contributed by atoms with Crippen LogP contribution in [-0.2, 0) is 0 Å². The molecule has 3 rings (SSSR count). The van der Waals surface area contributed by atoms with E-state index in [1.165, 1.54) is 12.1 Å². The van der Waals surface area contributed by atoms with Crippen LogP contribution in [0.1, 0.15) is 10.4 Å². The van der Waals surface area contributed by atoms with Crippen LogP contribution >= 0.6 is 0 Å². The summed E-state index contributed by atoms with van der Waals surface area (Å²) in [7, 11) is 0. The number of nitrogens with one attached hydrogen (secondary N) is 2. The number of carbonyl (C=O) groups excluding carboxylic acids is 1. The van der Waals surface area contributed by atoms with Crippen LogP contribution in [0.25, 0.3) is 4.85 Å². The van der Waals surface area contributed by atoms with Gasteiger partial charge in [-0.3, -0.25) is 15.1 Å². The van der Waals surface area contributed by atoms with Crippen LogP contribution in [0.3, 0.4) is 0 Å². The summed E-state index contributed by atoms with van der Waals surface area (Å²) in [5.41, 5.74) is 0.0203. The summed E-state index contributed by atoms with van der Waals surface area (Å²) in [5.74, 6) is -0.0783. The fraction of sp³-hybridized carbons (Fsp3) is 0.118. The van der Waals surface area contributed by atoms with Gasteiger partial charge in [-0.1, -0.05) is 18.2 Å². The molecule has 0 radical (unpaired) electrons. The molecule has 3 N–H and O–H groups in total. The van der Waals surface area contributed by atoms with Gasteiger partial charge < -0.3 is 15.2 Å². The minimum atomic E-state index is -0.600. The molecule has 7 heteroatoms. The zero-order valence-electron chi connectivity index (χ0n) is 12.6. The van der Waals surface area contributed by atoms with Gasteiger partial charge in [0.25, 0.3) is 5.91 Å². The standard InChI is InChI=1S/C17H14N4O3/c1-18-12-7-8-13(22)14(16(23)21-17-19-9-10-20-17)15(12)24-11-5-3-2-4-6-11/h2-8,22H,9-10H2,(H2,19,20,21,23). The van der Waals surface area contributed by atoms with E-state index in [-0.39, 0.29) is 22.7 Å². The van der Waals surface area contributed by atoms with Crippen molar-refractivity contribution in [1.82, 2.24) is 10.6 Å². The number of rotatable bonds is 3. The Balaban J connectivity index is 2.00. The van der Waals surface area contributed by atoms with Gasteiger partial charge in [-0.2, -0.15) is 0 Å². The summed E-state index contributed by atoms with van der Waals surface area (Å²) in [5, 5.41) is 15.6. The highest BCUT2D eigenvalue weighted by Gasteiger charge is 2.23. The van der Waals surface area contributed by atoms with E-state index in [0.717, 1.165) is 0 Å². The van der Waals surface area contributed by atoms with E-state index in [0.29, 0.717) is 24.8 Å². The van der Waals surface area contributed by atoms with Gasteiger partial charge in [0, 0.05) is 6.54 Å². The van der Waals surface area contributed by atoms with Crippen molar-refractivity contribution in [2.75, 3.05) is 13.1 Å². The van der Waals surface area contributed by atoms with E-state index in [4.69, 9.17) is 11.3 Å². The number of benzene rings is 2. The third kappa shape index (κ3) is 3.13. The van der Waals surface area contributed by atoms with Crippen LogP contribution in [0.15, 0.2) is 47.5 Å². The van der Waals surface area contributed by atoms with Crippen LogP contribution in [0, 0.1) is 6.57 Å². The SMILES string of the molecule is [C-]#[N+]c1ccc(O)c(C(=O)NC2=NCCN2)c1Oc1ccccc1. The fourth-order valence-electron chi connectivity index (χ4n) is 2.23. The Kier molecular flexibility index (Phi) is 4.29. The van der Waals surface area contributed by atoms with Crippen LogP contribution < -0.4 is 15.4 Å². The number of aromatic hydroxyl groups is 1. The average molecular weight is 322 g/mol. The third-order valence-corrected chi connectivity index (χ3v) is 3.33. The molecule has 1 aliphatic heterocycles. The average Bonchev–Trinajstić information content (AvgIpc) is 3.09. The van der Waals surface area contributed by atoms with E-state index >= 15 is 0 Å². The molecule has 2 aromatic carbocycles. The molecule has 1 aliphatic rings. The van der Waals surface area contributed by atoms with Crippen LogP contribution in [0.4, 0.5) is 5.69 Å². The van der Waals surface area contributed by atoms with Gasteiger partial charge in [0.05, 0.1) is 13.1 Å². The maximum absolute atomic E-state index is 12.5. The number of carbonyl (C=O) groups is 1. The molecule has 0 aliphatic carbocycles. The van der Waals surface area contributed by atoms with E-state index in [1.807, 2.05) is 6.07 Å². The molecule has 1 heterocycles. The first-order valence-electron chi connectivity index (χ1n) is 7.25. The quantitative estimate of drug-likeness (QED) is 0.757. The number of phenols is 1. The molecular weight excluding hydrogens is 308 g/mol. The maximum Gasteiger partial charge on any atom is 0.264 e. The van der Waals surface area contributed by atoms with Crippen molar-refractivity contribution in [2.24, 2.45) is 4.99 Å². The highest BCUT2D eigenvalue weighted by Crippen LogP contribution is 2.39. The Morgan fingerprint density at radius 2 is 2.08 bits per heavy atom. The van der Waals surface area contributed by atoms with Crippen molar-refractivity contribution in [3.8, 4) is 17.2 Å². The first-order chi connectivity index (χ1) is 11.7. The molecule has 24 heavy (non-hydrogen) atoms. The molecule has 7 nitrogen and oxygen atoms in total. The summed E-state index contributed by atoms with van der Waals surface area (Å²) in [6.07, 6.45) is 0. The maximum atomic E-state index is 12.5. The monoisotopic (exact) mass is 322 g/mol. The summed E-state index contributed by atoms with van der Waals surface area (Å²) in [6, 6.07) is 11.5. The fourth-order valence-corrected chi connectivity index (χ4v) is 2.23. The Hall–Kier alpha value is -3.53. The lowest BCUT2D eigenvalue weighted by molar-refractivity contribution is 0.0971. The molecule has 0 unspecified atom stereocenters. The van der Waals surface area contributed by atoms with Crippen molar-refractivity contribution in [3.63, 3.8) is 0 Å². The van der Waals surface area contributed by atoms with Gasteiger partial charge in [-0.15, -0.1) is 0 Å². The minimum Gasteiger partial charge on any atom is -0.507 e. The molecule has 0 atom stereocenters. The summed E-state index contributed by atoms with van der Waals surface area (Å²) >= 11 is 0. The first-order valence-corrected chi connectivity index (χ1v) is 7.25. The number of amides is 1. The van der Waals surface area contributed by atoms with Crippen molar-refractivity contribution in [2.45, 2.75) is 0 Å². The molecule has 1 amide bonds. The van der Waals surface area contributed by atoms with Gasteiger partial charge >= 0.3 is 0 Å². The van der Waals surface area contributed by atoms with Gasteiger partial charge in [-0.05, 0) is 24.3 Å². The second-order valence-corrected chi connectivity index (χ2v) is 4.95. The molecule has 0 fully saturated rings. The summed E-state index contributed by atoms with van der Waals surface area (Å²) in [4.78, 5) is 20.0. The number of hydrogen-bond acceptors (Lipinski definition) is 5. The van der Waals surface area contributed by atoms with Crippen molar-refractivity contribution in [3.05, 3.63) is 59.4 Å². The number of phenolic OH excluding ortho intramolecular Hbond substituents is 1. The van der Waals surface area contributed by atoms with Gasteiger partial charge in [0.15, 0.2) is 11.7 Å². The molecule has 2 aromatic rings. The van der Waals surface area contributed by atoms with E-state index in [2.05, 4.69) is 20.5 Å². The lowest BCUT2D eigenvalue weighted by Gasteiger charge is -2.14. The Labute approximate surface area is 138 Å². The molecule has 0 bridgehead atoms. The van der Waals surface area contributed by atoms with Crippen molar-refractivity contribution >= 4 is 17.6 Å². The van der Waals surface area contributed by atoms with Gasteiger partial charge in [0.1, 0.15) is 17.1 Å². The van der Waals surface area contributed by atoms with Gasteiger partial charge in [-0.25, -0.2) is 4.85 Å². The summed E-state index contributed by atoms with van der Waals surface area (Å²) in [6.45, 7) is 8.48. The lowest BCUT2D eigenvalue weighted by Crippen LogP contribution is -2.38. The Morgan fingerprint density at radius 3 is 2.75 bits per heavy atom. The highest BCUT2D eigenvalue weighted by atomic mass is 16.5. The highest BCUT2D eigenvalue weighted by molar-refractivity contribution is 6.10. The number of nitrogens with zero attached hydrogens (tertiary/aromatic N) is 2. The normalized spacial score (nSPS) is 12.7. The van der Waals surface area contributed by atoms with Crippen molar-refractivity contribution < 1.29 is 14.6 Å². The van der Waals surface area contributed by atoms with E-state index in [1.54, 1.807) is 24.3 Å². The molecule has 0 aromatic heterocycles. The lowest BCUT2D eigenvalue weighted by atomic mass is 10.1. The minimum absolute atomic E-state index is 0.00676. The molecular formula is C17H14N4O3. The van der Waals surface area contributed by atoms with Crippen molar-refractivity contribution in [1.29, 1.82) is 0 Å². The zero-order chi connectivity index (χ0) is 16.9. The van der Waals surface area contributed by atoms with Crippen LogP contribution in [-0.4, -0.2) is 30.1 Å². The van der Waals surface area contributed by atoms with E-state index < -0.39 is 5.91 Å². The second-order valence-electron chi connectivity index (χ2n) is 4.95. The predicted octanol–water partition coefficient (Wildman–Crippen LogP) is 2.42. The third-order valence-electron chi connectivity index (χ3n) is 3.33. The zero-order valence-corrected chi connectivity index (χ0v) is 12.6. The number of guanidine groups is 1. The number of ether oxygens (including phenoxy) is 1. The van der Waals surface area contributed by atoms with Gasteiger partial charge in [0.2, 0.25) is 5.69 Å². The van der Waals surface area contributed by atoms with Crippen LogP contribution in [0.5, 0.6) is 17.2 Å². The predicted molar refractivity (Wildman–Crippen MR) is 88.7 cm³/mol. The second kappa shape index (κ2) is 6.71. The summed E-state index contributed by atoms with van der Waals surface area (Å²) < 4.78 is 5.70. The largest absolute Gasteiger partial charge is 0.507 e. The number of para-hydroxylation sites is 1. The first kappa shape index (κ1) is 15.4. The smallest absolute Gasteiger partial charge is 0.264 e. The number of hydrogen-bond donors (Lipinski definition) is 3. The number of aliphatic imine (C=N–C) groups is 1. The topological polar surface area (TPSA) is 87.3 Å². The Bertz CT molecular complexity index is 841. The molecule has 0 saturated heterocycles.